The maximum absolute atomic E-state index is 12.1. The van der Waals surface area contributed by atoms with Crippen molar-refractivity contribution in [3.63, 3.8) is 0 Å². The number of pyridine rings is 1. The van der Waals surface area contributed by atoms with E-state index < -0.39 is 0 Å². The number of aryl methyl sites for hydroxylation is 1. The highest BCUT2D eigenvalue weighted by Gasteiger charge is 2.20. The fourth-order valence-corrected chi connectivity index (χ4v) is 2.60. The Balaban J connectivity index is 2.26. The Bertz CT molecular complexity index is 450. The third-order valence-corrected chi connectivity index (χ3v) is 3.59. The molecule has 0 saturated carbocycles. The molecule has 2 rings (SSSR count). The Morgan fingerprint density at radius 1 is 1.38 bits per heavy atom. The van der Waals surface area contributed by atoms with E-state index in [0.29, 0.717) is 0 Å². The second-order valence-electron chi connectivity index (χ2n) is 3.74. The van der Waals surface area contributed by atoms with Gasteiger partial charge in [0.1, 0.15) is 5.56 Å². The molecule has 1 fully saturated rings. The first-order valence-electron chi connectivity index (χ1n) is 5.23. The van der Waals surface area contributed by atoms with E-state index in [1.165, 1.54) is 4.57 Å². The van der Waals surface area contributed by atoms with Crippen molar-refractivity contribution in [1.29, 1.82) is 0 Å². The molecule has 1 aromatic heterocycles. The van der Waals surface area contributed by atoms with E-state index in [0.717, 1.165) is 24.6 Å². The third-order valence-electron chi connectivity index (χ3n) is 2.65. The highest BCUT2D eigenvalue weighted by molar-refractivity contribution is 7.99. The second kappa shape index (κ2) is 4.74. The van der Waals surface area contributed by atoms with Crippen LogP contribution in [0.3, 0.4) is 0 Å². The topological polar surface area (TPSA) is 42.3 Å². The molecule has 1 aromatic rings. The van der Waals surface area contributed by atoms with Crippen molar-refractivity contribution in [1.82, 2.24) is 9.47 Å². The van der Waals surface area contributed by atoms with Gasteiger partial charge < -0.3 is 9.47 Å². The maximum atomic E-state index is 12.1. The van der Waals surface area contributed by atoms with Gasteiger partial charge in [0, 0.05) is 37.8 Å². The summed E-state index contributed by atoms with van der Waals surface area (Å²) in [5, 5.41) is 0. The van der Waals surface area contributed by atoms with Crippen LogP contribution in [0.4, 0.5) is 0 Å². The predicted molar refractivity (Wildman–Crippen MR) is 64.9 cm³/mol. The van der Waals surface area contributed by atoms with Gasteiger partial charge in [-0.25, -0.2) is 0 Å². The molecule has 0 bridgehead atoms. The average molecular weight is 238 g/mol. The molecule has 16 heavy (non-hydrogen) atoms. The molecule has 0 spiro atoms. The summed E-state index contributed by atoms with van der Waals surface area (Å²) in [6, 6.07) is 3.33. The van der Waals surface area contributed by atoms with E-state index >= 15 is 0 Å². The van der Waals surface area contributed by atoms with Crippen LogP contribution in [0.5, 0.6) is 0 Å². The van der Waals surface area contributed by atoms with Crippen LogP contribution >= 0.6 is 11.8 Å². The van der Waals surface area contributed by atoms with Crippen LogP contribution in [-0.4, -0.2) is 40.0 Å². The van der Waals surface area contributed by atoms with Gasteiger partial charge >= 0.3 is 0 Å². The summed E-state index contributed by atoms with van der Waals surface area (Å²) < 4.78 is 1.44. The van der Waals surface area contributed by atoms with Gasteiger partial charge in [0.15, 0.2) is 0 Å². The highest BCUT2D eigenvalue weighted by Crippen LogP contribution is 2.11. The van der Waals surface area contributed by atoms with Crippen LogP contribution < -0.4 is 5.56 Å². The first kappa shape index (κ1) is 11.3. The zero-order valence-corrected chi connectivity index (χ0v) is 10.00. The van der Waals surface area contributed by atoms with E-state index in [2.05, 4.69) is 0 Å². The minimum atomic E-state index is -0.217. The summed E-state index contributed by atoms with van der Waals surface area (Å²) in [5.41, 5.74) is 0.0580. The Morgan fingerprint density at radius 2 is 2.06 bits per heavy atom. The van der Waals surface area contributed by atoms with Gasteiger partial charge in [0.05, 0.1) is 0 Å². The molecular formula is C11H14N2O2S. The molecule has 0 aliphatic carbocycles. The third kappa shape index (κ3) is 2.14. The second-order valence-corrected chi connectivity index (χ2v) is 4.97. The van der Waals surface area contributed by atoms with E-state index in [9.17, 15) is 9.59 Å². The summed E-state index contributed by atoms with van der Waals surface area (Å²) in [5.74, 6) is 1.78. The molecule has 0 unspecified atom stereocenters. The van der Waals surface area contributed by atoms with Gasteiger partial charge in [0.25, 0.3) is 11.5 Å². The van der Waals surface area contributed by atoms with Gasteiger partial charge in [-0.3, -0.25) is 9.59 Å². The molecular weight excluding hydrogens is 224 g/mol. The van der Waals surface area contributed by atoms with Crippen molar-refractivity contribution < 1.29 is 4.79 Å². The Hall–Kier alpha value is -1.23. The lowest BCUT2D eigenvalue weighted by molar-refractivity contribution is 0.0770. The minimum Gasteiger partial charge on any atom is -0.337 e. The van der Waals surface area contributed by atoms with Crippen molar-refractivity contribution in [2.75, 3.05) is 24.6 Å². The molecule has 0 atom stereocenters. The number of rotatable bonds is 1. The Kier molecular flexibility index (Phi) is 3.33. The van der Waals surface area contributed by atoms with Gasteiger partial charge in [-0.2, -0.15) is 11.8 Å². The van der Waals surface area contributed by atoms with Crippen LogP contribution in [-0.2, 0) is 7.05 Å². The van der Waals surface area contributed by atoms with Crippen molar-refractivity contribution in [2.24, 2.45) is 7.05 Å². The van der Waals surface area contributed by atoms with Crippen LogP contribution in [0.25, 0.3) is 0 Å². The summed E-state index contributed by atoms with van der Waals surface area (Å²) in [6.07, 6.45) is 1.66. The number of hydrogen-bond acceptors (Lipinski definition) is 3. The summed E-state index contributed by atoms with van der Waals surface area (Å²) in [6.45, 7) is 1.48. The molecule has 1 amide bonds. The van der Waals surface area contributed by atoms with Crippen LogP contribution in [0.2, 0.25) is 0 Å². The fraction of sp³-hybridized carbons (Fsp3) is 0.455. The Morgan fingerprint density at radius 3 is 2.75 bits per heavy atom. The SMILES string of the molecule is Cn1cccc(C(=O)N2CCSCC2)c1=O. The summed E-state index contributed by atoms with van der Waals surface area (Å²) >= 11 is 1.84. The molecule has 86 valence electrons. The van der Waals surface area contributed by atoms with Crippen molar-refractivity contribution >= 4 is 17.7 Å². The van der Waals surface area contributed by atoms with Crippen LogP contribution in [0.1, 0.15) is 10.4 Å². The largest absolute Gasteiger partial charge is 0.337 e. The molecule has 1 aliphatic rings. The molecule has 1 aliphatic heterocycles. The average Bonchev–Trinajstić information content (AvgIpc) is 2.33. The number of aromatic nitrogens is 1. The van der Waals surface area contributed by atoms with E-state index in [-0.39, 0.29) is 17.0 Å². The fourth-order valence-electron chi connectivity index (χ4n) is 1.70. The van der Waals surface area contributed by atoms with Gasteiger partial charge in [-0.05, 0) is 12.1 Å². The lowest BCUT2D eigenvalue weighted by Crippen LogP contribution is -2.40. The van der Waals surface area contributed by atoms with Crippen molar-refractivity contribution in [3.05, 3.63) is 34.2 Å². The number of hydrogen-bond donors (Lipinski definition) is 0. The number of carbonyl (C=O) groups is 1. The quantitative estimate of drug-likeness (QED) is 0.718. The van der Waals surface area contributed by atoms with Gasteiger partial charge in [-0.1, -0.05) is 0 Å². The Labute approximate surface area is 98.3 Å². The zero-order chi connectivity index (χ0) is 11.5. The molecule has 5 heteroatoms. The standard InChI is InChI=1S/C11H14N2O2S/c1-12-4-2-3-9(10(12)14)11(15)13-5-7-16-8-6-13/h2-4H,5-8H2,1H3. The number of carbonyl (C=O) groups excluding carboxylic acids is 1. The van der Waals surface area contributed by atoms with Crippen molar-refractivity contribution in [3.8, 4) is 0 Å². The normalized spacial score (nSPS) is 16.2. The maximum Gasteiger partial charge on any atom is 0.263 e. The highest BCUT2D eigenvalue weighted by atomic mass is 32.2. The minimum absolute atomic E-state index is 0.137. The predicted octanol–water partition coefficient (Wildman–Crippen LogP) is 0.574. The molecule has 1 saturated heterocycles. The molecule has 0 aromatic carbocycles. The van der Waals surface area contributed by atoms with Crippen molar-refractivity contribution in [2.45, 2.75) is 0 Å². The first-order chi connectivity index (χ1) is 7.70. The van der Waals surface area contributed by atoms with E-state index in [1.807, 2.05) is 11.8 Å². The van der Waals surface area contributed by atoms with Gasteiger partial charge in [0.2, 0.25) is 0 Å². The smallest absolute Gasteiger partial charge is 0.263 e. The first-order valence-corrected chi connectivity index (χ1v) is 6.38. The van der Waals surface area contributed by atoms with E-state index in [4.69, 9.17) is 0 Å². The van der Waals surface area contributed by atoms with Gasteiger partial charge in [-0.15, -0.1) is 0 Å². The monoisotopic (exact) mass is 238 g/mol. The zero-order valence-electron chi connectivity index (χ0n) is 9.18. The van der Waals surface area contributed by atoms with Crippen LogP contribution in [0, 0.1) is 0 Å². The van der Waals surface area contributed by atoms with Crippen LogP contribution in [0.15, 0.2) is 23.1 Å². The number of thioether (sulfide) groups is 1. The lowest BCUT2D eigenvalue weighted by Gasteiger charge is -2.26. The van der Waals surface area contributed by atoms with E-state index in [1.54, 1.807) is 30.3 Å². The molecule has 0 N–H and O–H groups in total. The molecule has 0 radical (unpaired) electrons. The number of amides is 1. The lowest BCUT2D eigenvalue weighted by atomic mass is 10.2. The molecule has 4 nitrogen and oxygen atoms in total. The number of nitrogens with zero attached hydrogens (tertiary/aromatic N) is 2. The summed E-state index contributed by atoms with van der Waals surface area (Å²) in [4.78, 5) is 25.6. The summed E-state index contributed by atoms with van der Waals surface area (Å²) in [7, 11) is 1.66. The molecule has 2 heterocycles.